The predicted octanol–water partition coefficient (Wildman–Crippen LogP) is 3.24. The minimum Gasteiger partial charge on any atom is -0.480 e. The third kappa shape index (κ3) is 3.43. The van der Waals surface area contributed by atoms with Crippen LogP contribution < -0.4 is 0 Å². The zero-order chi connectivity index (χ0) is 15.4. The number of aliphatic imine (C=N–C) groups is 1. The van der Waals surface area contributed by atoms with Gasteiger partial charge >= 0.3 is 0 Å². The summed E-state index contributed by atoms with van der Waals surface area (Å²) < 4.78 is 5.68. The van der Waals surface area contributed by atoms with Crippen LogP contribution >= 0.6 is 21.6 Å². The van der Waals surface area contributed by atoms with Gasteiger partial charge in [-0.1, -0.05) is 39.8 Å². The molecule has 0 saturated carbocycles. The van der Waals surface area contributed by atoms with Crippen LogP contribution in [0, 0.1) is 0 Å². The van der Waals surface area contributed by atoms with E-state index in [2.05, 4.69) is 17.1 Å². The third-order valence-corrected chi connectivity index (χ3v) is 6.18. The first-order valence-corrected chi connectivity index (χ1v) is 9.97. The first-order chi connectivity index (χ1) is 10.8. The van der Waals surface area contributed by atoms with Crippen molar-refractivity contribution in [2.75, 3.05) is 18.9 Å². The number of carbonyl (C=O) groups is 1. The quantitative estimate of drug-likeness (QED) is 0.774. The van der Waals surface area contributed by atoms with Crippen LogP contribution in [0.5, 0.6) is 0 Å². The molecular formula is C16H20N2O2S2. The van der Waals surface area contributed by atoms with Gasteiger partial charge in [-0.2, -0.15) is 0 Å². The number of nitrogens with zero attached hydrogens (tertiary/aromatic N) is 2. The fourth-order valence-electron chi connectivity index (χ4n) is 2.81. The lowest BCUT2D eigenvalue weighted by atomic mass is 10.1. The summed E-state index contributed by atoms with van der Waals surface area (Å²) in [6.07, 6.45) is 2.02. The average molecular weight is 336 g/mol. The molecule has 2 heterocycles. The highest BCUT2D eigenvalue weighted by Gasteiger charge is 2.41. The average Bonchev–Trinajstić information content (AvgIpc) is 3.03. The van der Waals surface area contributed by atoms with Gasteiger partial charge in [0.2, 0.25) is 11.8 Å². The number of fused-ring (bicyclic) bond motifs is 1. The van der Waals surface area contributed by atoms with Crippen molar-refractivity contribution in [3.05, 3.63) is 30.3 Å². The molecule has 0 aromatic heterocycles. The second-order valence-corrected chi connectivity index (χ2v) is 7.70. The molecule has 0 N–H and O–H groups in total. The molecule has 3 rings (SSSR count). The van der Waals surface area contributed by atoms with Crippen molar-refractivity contribution in [3.8, 4) is 0 Å². The van der Waals surface area contributed by atoms with Gasteiger partial charge in [0.15, 0.2) is 0 Å². The van der Waals surface area contributed by atoms with E-state index in [0.29, 0.717) is 12.4 Å². The van der Waals surface area contributed by atoms with Crippen LogP contribution in [0.2, 0.25) is 0 Å². The number of ether oxygens (including phenoxy) is 1. The molecule has 1 aromatic rings. The van der Waals surface area contributed by atoms with Crippen molar-refractivity contribution in [1.82, 2.24) is 4.90 Å². The highest BCUT2D eigenvalue weighted by molar-refractivity contribution is 8.76. The summed E-state index contributed by atoms with van der Waals surface area (Å²) in [5.74, 6) is 1.60. The van der Waals surface area contributed by atoms with Gasteiger partial charge in [-0.15, -0.1) is 0 Å². The van der Waals surface area contributed by atoms with E-state index < -0.39 is 0 Å². The maximum atomic E-state index is 12.5. The van der Waals surface area contributed by atoms with E-state index in [0.717, 1.165) is 25.3 Å². The Labute approximate surface area is 139 Å². The summed E-state index contributed by atoms with van der Waals surface area (Å²) in [6, 6.07) is 9.97. The molecule has 0 spiro atoms. The van der Waals surface area contributed by atoms with Crippen molar-refractivity contribution < 1.29 is 9.53 Å². The van der Waals surface area contributed by atoms with E-state index in [1.807, 2.05) is 30.0 Å². The van der Waals surface area contributed by atoms with E-state index >= 15 is 0 Å². The molecule has 6 heteroatoms. The second kappa shape index (κ2) is 7.42. The Morgan fingerprint density at radius 2 is 2.18 bits per heavy atom. The molecule has 22 heavy (non-hydrogen) atoms. The number of benzene rings is 1. The van der Waals surface area contributed by atoms with Crippen molar-refractivity contribution in [1.29, 1.82) is 0 Å². The summed E-state index contributed by atoms with van der Waals surface area (Å²) in [6.45, 7) is 3.41. The predicted molar refractivity (Wildman–Crippen MR) is 92.3 cm³/mol. The molecule has 4 nitrogen and oxygen atoms in total. The number of carbonyl (C=O) groups excluding carboxylic acids is 1. The summed E-state index contributed by atoms with van der Waals surface area (Å²) in [7, 11) is 3.37. The maximum Gasteiger partial charge on any atom is 0.249 e. The molecule has 2 atom stereocenters. The first kappa shape index (κ1) is 15.7. The zero-order valence-corrected chi connectivity index (χ0v) is 14.2. The van der Waals surface area contributed by atoms with E-state index in [4.69, 9.17) is 4.74 Å². The van der Waals surface area contributed by atoms with Crippen LogP contribution in [0.15, 0.2) is 40.2 Å². The fraction of sp³-hybridized carbons (Fsp3) is 0.500. The molecule has 1 fully saturated rings. The largest absolute Gasteiger partial charge is 0.480 e. The lowest BCUT2D eigenvalue weighted by Crippen LogP contribution is -2.51. The summed E-state index contributed by atoms with van der Waals surface area (Å²) in [4.78, 5) is 20.3. The lowest BCUT2D eigenvalue weighted by molar-refractivity contribution is -0.132. The van der Waals surface area contributed by atoms with E-state index in [1.54, 1.807) is 21.6 Å². The summed E-state index contributed by atoms with van der Waals surface area (Å²) in [5, 5.41) is 0. The zero-order valence-electron chi connectivity index (χ0n) is 12.6. The molecule has 2 aliphatic rings. The summed E-state index contributed by atoms with van der Waals surface area (Å²) in [5.41, 5.74) is 0. The Bertz CT molecular complexity index is 550. The molecule has 118 valence electrons. The molecule has 1 saturated heterocycles. The van der Waals surface area contributed by atoms with Gasteiger partial charge in [-0.25, -0.2) is 4.99 Å². The normalized spacial score (nSPS) is 24.1. The van der Waals surface area contributed by atoms with Crippen molar-refractivity contribution in [2.24, 2.45) is 4.99 Å². The Balaban J connectivity index is 1.63. The van der Waals surface area contributed by atoms with Gasteiger partial charge < -0.3 is 9.64 Å². The van der Waals surface area contributed by atoms with Crippen molar-refractivity contribution in [2.45, 2.75) is 36.7 Å². The second-order valence-electron chi connectivity index (χ2n) is 5.29. The molecule has 0 radical (unpaired) electrons. The van der Waals surface area contributed by atoms with Crippen LogP contribution in [-0.4, -0.2) is 47.7 Å². The van der Waals surface area contributed by atoms with E-state index in [9.17, 15) is 4.79 Å². The molecular weight excluding hydrogens is 316 g/mol. The van der Waals surface area contributed by atoms with Gasteiger partial charge in [0.25, 0.3) is 0 Å². The van der Waals surface area contributed by atoms with Crippen LogP contribution in [0.25, 0.3) is 0 Å². The van der Waals surface area contributed by atoms with Gasteiger partial charge in [-0.05, 0) is 31.9 Å². The number of hydrogen-bond acceptors (Lipinski definition) is 5. The molecule has 0 bridgehead atoms. The Kier molecular flexibility index (Phi) is 5.31. The van der Waals surface area contributed by atoms with Crippen LogP contribution in [0.4, 0.5) is 0 Å². The van der Waals surface area contributed by atoms with Crippen LogP contribution in [0.3, 0.4) is 0 Å². The standard InChI is InChI=1S/C16H20N2O2S2/c1-2-20-15-14-9-6-10-18(14)16(19)13(17-15)11-21-22-12-7-4-3-5-8-12/h3-5,7-8,13-14H,2,6,9-11H2,1H3/t13-,14+/m0/s1. The SMILES string of the molecule is CCOC1=N[C@@H](CSSc2ccccc2)C(=O)N2CCC[C@H]12. The Morgan fingerprint density at radius 1 is 1.36 bits per heavy atom. The van der Waals surface area contributed by atoms with Gasteiger partial charge in [0.1, 0.15) is 12.1 Å². The van der Waals surface area contributed by atoms with Gasteiger partial charge in [-0.3, -0.25) is 4.79 Å². The van der Waals surface area contributed by atoms with Crippen LogP contribution in [0.1, 0.15) is 19.8 Å². The highest BCUT2D eigenvalue weighted by Crippen LogP contribution is 2.33. The van der Waals surface area contributed by atoms with Gasteiger partial charge in [0.05, 0.1) is 6.61 Å². The van der Waals surface area contributed by atoms with E-state index in [-0.39, 0.29) is 18.0 Å². The minimum atomic E-state index is -0.308. The number of rotatable bonds is 5. The fourth-order valence-corrected chi connectivity index (χ4v) is 4.96. The smallest absolute Gasteiger partial charge is 0.249 e. The van der Waals surface area contributed by atoms with Gasteiger partial charge in [0, 0.05) is 17.2 Å². The highest BCUT2D eigenvalue weighted by atomic mass is 33.1. The van der Waals surface area contributed by atoms with Crippen molar-refractivity contribution >= 4 is 33.4 Å². The lowest BCUT2D eigenvalue weighted by Gasteiger charge is -2.32. The Morgan fingerprint density at radius 3 is 2.95 bits per heavy atom. The topological polar surface area (TPSA) is 41.9 Å². The van der Waals surface area contributed by atoms with Crippen LogP contribution in [-0.2, 0) is 9.53 Å². The third-order valence-electron chi connectivity index (χ3n) is 3.81. The van der Waals surface area contributed by atoms with E-state index in [1.165, 1.54) is 4.90 Å². The van der Waals surface area contributed by atoms with Crippen molar-refractivity contribution in [3.63, 3.8) is 0 Å². The first-order valence-electron chi connectivity index (χ1n) is 7.65. The minimum absolute atomic E-state index is 0.0791. The molecule has 1 aromatic carbocycles. The summed E-state index contributed by atoms with van der Waals surface area (Å²) >= 11 is 0. The maximum absolute atomic E-state index is 12.5. The Hall–Kier alpha value is -1.14. The monoisotopic (exact) mass is 336 g/mol. The number of amides is 1. The number of hydrogen-bond donors (Lipinski definition) is 0. The molecule has 0 aliphatic carbocycles. The molecule has 1 amide bonds. The molecule has 2 aliphatic heterocycles. The molecule has 0 unspecified atom stereocenters.